The molecule has 0 saturated carbocycles. The SMILES string of the molecule is CC(CCl)C(=O)N1c2ccccc2CCC1C. The number of anilines is 1. The highest BCUT2D eigenvalue weighted by Gasteiger charge is 2.30. The lowest BCUT2D eigenvalue weighted by atomic mass is 9.95. The average molecular weight is 252 g/mol. The lowest BCUT2D eigenvalue weighted by Gasteiger charge is -2.36. The van der Waals surface area contributed by atoms with E-state index in [9.17, 15) is 4.79 Å². The predicted molar refractivity (Wildman–Crippen MR) is 71.6 cm³/mol. The van der Waals surface area contributed by atoms with Crippen LogP contribution in [0.3, 0.4) is 0 Å². The van der Waals surface area contributed by atoms with E-state index >= 15 is 0 Å². The first kappa shape index (κ1) is 12.4. The van der Waals surface area contributed by atoms with Gasteiger partial charge in [0.15, 0.2) is 0 Å². The van der Waals surface area contributed by atoms with E-state index in [2.05, 4.69) is 13.0 Å². The summed E-state index contributed by atoms with van der Waals surface area (Å²) in [6.07, 6.45) is 2.08. The molecule has 0 spiro atoms. The third kappa shape index (κ3) is 2.32. The topological polar surface area (TPSA) is 20.3 Å². The fraction of sp³-hybridized carbons (Fsp3) is 0.500. The molecule has 0 radical (unpaired) electrons. The van der Waals surface area contributed by atoms with Crippen LogP contribution in [0.2, 0.25) is 0 Å². The van der Waals surface area contributed by atoms with Crippen molar-refractivity contribution in [3.8, 4) is 0 Å². The number of carbonyl (C=O) groups excluding carboxylic acids is 1. The molecule has 2 rings (SSSR count). The minimum Gasteiger partial charge on any atom is -0.309 e. The minimum absolute atomic E-state index is 0.120. The van der Waals surface area contributed by atoms with Gasteiger partial charge in [-0.15, -0.1) is 11.6 Å². The molecule has 0 aliphatic carbocycles. The maximum atomic E-state index is 12.3. The van der Waals surface area contributed by atoms with E-state index in [1.54, 1.807) is 0 Å². The molecular weight excluding hydrogens is 234 g/mol. The van der Waals surface area contributed by atoms with E-state index in [4.69, 9.17) is 11.6 Å². The summed E-state index contributed by atoms with van der Waals surface area (Å²) in [5.74, 6) is 0.398. The number of rotatable bonds is 2. The predicted octanol–water partition coefficient (Wildman–Crippen LogP) is 3.23. The van der Waals surface area contributed by atoms with Crippen molar-refractivity contribution in [1.29, 1.82) is 0 Å². The Morgan fingerprint density at radius 2 is 2.24 bits per heavy atom. The molecule has 3 heteroatoms. The third-order valence-corrected chi connectivity index (χ3v) is 3.88. The van der Waals surface area contributed by atoms with Crippen LogP contribution in [0.15, 0.2) is 24.3 Å². The van der Waals surface area contributed by atoms with Crippen LogP contribution in [-0.4, -0.2) is 17.8 Å². The van der Waals surface area contributed by atoms with Gasteiger partial charge in [0, 0.05) is 23.5 Å². The summed E-state index contributed by atoms with van der Waals surface area (Å²) in [6.45, 7) is 3.99. The zero-order chi connectivity index (χ0) is 12.4. The molecule has 0 aromatic heterocycles. The number of amides is 1. The second-order valence-corrected chi connectivity index (χ2v) is 5.09. The maximum Gasteiger partial charge on any atom is 0.231 e. The molecular formula is C14H18ClNO. The van der Waals surface area contributed by atoms with Gasteiger partial charge in [-0.2, -0.15) is 0 Å². The fourth-order valence-corrected chi connectivity index (χ4v) is 2.46. The van der Waals surface area contributed by atoms with Gasteiger partial charge in [-0.05, 0) is 31.4 Å². The number of fused-ring (bicyclic) bond motifs is 1. The summed E-state index contributed by atoms with van der Waals surface area (Å²) in [5.41, 5.74) is 2.33. The van der Waals surface area contributed by atoms with Gasteiger partial charge in [-0.25, -0.2) is 0 Å². The number of hydrogen-bond acceptors (Lipinski definition) is 1. The molecule has 0 saturated heterocycles. The Morgan fingerprint density at radius 3 is 2.94 bits per heavy atom. The van der Waals surface area contributed by atoms with Crippen LogP contribution in [-0.2, 0) is 11.2 Å². The van der Waals surface area contributed by atoms with Gasteiger partial charge in [0.1, 0.15) is 0 Å². The van der Waals surface area contributed by atoms with Gasteiger partial charge in [0.25, 0.3) is 0 Å². The molecule has 17 heavy (non-hydrogen) atoms. The Hall–Kier alpha value is -1.02. The molecule has 0 fully saturated rings. The zero-order valence-corrected chi connectivity index (χ0v) is 11.1. The van der Waals surface area contributed by atoms with Crippen molar-refractivity contribution in [2.45, 2.75) is 32.7 Å². The number of halogens is 1. The van der Waals surface area contributed by atoms with Crippen LogP contribution < -0.4 is 4.90 Å². The van der Waals surface area contributed by atoms with Gasteiger partial charge < -0.3 is 4.90 Å². The highest BCUT2D eigenvalue weighted by molar-refractivity contribution is 6.19. The van der Waals surface area contributed by atoms with Crippen molar-refractivity contribution in [3.63, 3.8) is 0 Å². The van der Waals surface area contributed by atoms with Gasteiger partial charge >= 0.3 is 0 Å². The van der Waals surface area contributed by atoms with Crippen molar-refractivity contribution in [2.75, 3.05) is 10.8 Å². The second-order valence-electron chi connectivity index (χ2n) is 4.78. The Kier molecular flexibility index (Phi) is 3.72. The van der Waals surface area contributed by atoms with Gasteiger partial charge in [0.2, 0.25) is 5.91 Å². The monoisotopic (exact) mass is 251 g/mol. The molecule has 2 atom stereocenters. The first-order valence-electron chi connectivity index (χ1n) is 6.12. The van der Waals surface area contributed by atoms with Gasteiger partial charge in [-0.3, -0.25) is 4.79 Å². The van der Waals surface area contributed by atoms with Crippen LogP contribution in [0.1, 0.15) is 25.8 Å². The molecule has 92 valence electrons. The average Bonchev–Trinajstić information content (AvgIpc) is 2.37. The molecule has 1 heterocycles. The number of carbonyl (C=O) groups is 1. The Balaban J connectivity index is 2.36. The molecule has 1 aliphatic rings. The number of alkyl halides is 1. The second kappa shape index (κ2) is 5.09. The fourth-order valence-electron chi connectivity index (χ4n) is 2.33. The minimum atomic E-state index is -0.120. The lowest BCUT2D eigenvalue weighted by molar-refractivity contribution is -0.121. The van der Waals surface area contributed by atoms with Crippen molar-refractivity contribution < 1.29 is 4.79 Å². The number of aryl methyl sites for hydroxylation is 1. The maximum absolute atomic E-state index is 12.3. The van der Waals surface area contributed by atoms with Crippen molar-refractivity contribution >= 4 is 23.2 Å². The summed E-state index contributed by atoms with van der Waals surface area (Å²) in [4.78, 5) is 14.3. The van der Waals surface area contributed by atoms with E-state index in [0.29, 0.717) is 5.88 Å². The number of hydrogen-bond donors (Lipinski definition) is 0. The zero-order valence-electron chi connectivity index (χ0n) is 10.3. The first-order chi connectivity index (χ1) is 8.15. The normalized spacial score (nSPS) is 20.9. The third-order valence-electron chi connectivity index (χ3n) is 3.41. The standard InChI is InChI=1S/C14H18ClNO/c1-10(9-15)14(17)16-11(2)7-8-12-5-3-4-6-13(12)16/h3-6,10-11H,7-9H2,1-2H3. The van der Waals surface area contributed by atoms with Crippen LogP contribution in [0, 0.1) is 5.92 Å². The Bertz CT molecular complexity index is 418. The Labute approximate surface area is 108 Å². The number of benzene rings is 1. The number of para-hydroxylation sites is 1. The lowest BCUT2D eigenvalue weighted by Crippen LogP contribution is -2.45. The van der Waals surface area contributed by atoms with Crippen LogP contribution in [0.4, 0.5) is 5.69 Å². The van der Waals surface area contributed by atoms with Gasteiger partial charge in [0.05, 0.1) is 0 Å². The van der Waals surface area contributed by atoms with Crippen LogP contribution in [0.5, 0.6) is 0 Å². The summed E-state index contributed by atoms with van der Waals surface area (Å²) in [7, 11) is 0. The summed E-state index contributed by atoms with van der Waals surface area (Å²) >= 11 is 5.79. The highest BCUT2D eigenvalue weighted by Crippen LogP contribution is 2.31. The van der Waals surface area contributed by atoms with E-state index in [-0.39, 0.29) is 17.9 Å². The molecule has 0 N–H and O–H groups in total. The van der Waals surface area contributed by atoms with Crippen molar-refractivity contribution in [1.82, 2.24) is 0 Å². The summed E-state index contributed by atoms with van der Waals surface area (Å²) in [6, 6.07) is 8.42. The number of nitrogens with zero attached hydrogens (tertiary/aromatic N) is 1. The van der Waals surface area contributed by atoms with E-state index in [1.165, 1.54) is 5.56 Å². The quantitative estimate of drug-likeness (QED) is 0.739. The molecule has 2 unspecified atom stereocenters. The summed E-state index contributed by atoms with van der Waals surface area (Å²) in [5, 5.41) is 0. The first-order valence-corrected chi connectivity index (χ1v) is 6.65. The largest absolute Gasteiger partial charge is 0.309 e. The van der Waals surface area contributed by atoms with Crippen molar-refractivity contribution in [2.24, 2.45) is 5.92 Å². The molecule has 1 aromatic rings. The van der Waals surface area contributed by atoms with Gasteiger partial charge in [-0.1, -0.05) is 25.1 Å². The molecule has 2 nitrogen and oxygen atoms in total. The Morgan fingerprint density at radius 1 is 1.53 bits per heavy atom. The highest BCUT2D eigenvalue weighted by atomic mass is 35.5. The summed E-state index contributed by atoms with van der Waals surface area (Å²) < 4.78 is 0. The molecule has 1 aromatic carbocycles. The van der Waals surface area contributed by atoms with Crippen LogP contribution >= 0.6 is 11.6 Å². The van der Waals surface area contributed by atoms with Crippen LogP contribution in [0.25, 0.3) is 0 Å². The van der Waals surface area contributed by atoms with E-state index in [0.717, 1.165) is 18.5 Å². The van der Waals surface area contributed by atoms with E-state index in [1.807, 2.05) is 30.0 Å². The van der Waals surface area contributed by atoms with Crippen molar-refractivity contribution in [3.05, 3.63) is 29.8 Å². The molecule has 1 aliphatic heterocycles. The molecule has 0 bridgehead atoms. The molecule has 1 amide bonds. The smallest absolute Gasteiger partial charge is 0.231 e. The van der Waals surface area contributed by atoms with E-state index < -0.39 is 0 Å².